The third-order valence-corrected chi connectivity index (χ3v) is 9.04. The van der Waals surface area contributed by atoms with Crippen molar-refractivity contribution in [3.63, 3.8) is 0 Å². The average Bonchev–Trinajstić information content (AvgIpc) is 3.23. The Balaban J connectivity index is 1.56. The average molecular weight is 546 g/mol. The molecule has 38 heavy (non-hydrogen) atoms. The van der Waals surface area contributed by atoms with E-state index in [1.807, 2.05) is 13.8 Å². The quantitative estimate of drug-likeness (QED) is 0.160. The fraction of sp³-hybridized carbons (Fsp3) is 1.00. The highest BCUT2D eigenvalue weighted by molar-refractivity contribution is 5.14. The molecule has 0 amide bonds. The van der Waals surface area contributed by atoms with Gasteiger partial charge in [-0.2, -0.15) is 0 Å². The van der Waals surface area contributed by atoms with Crippen LogP contribution in [0, 0.1) is 0 Å². The Labute approximate surface area is 223 Å². The Bertz CT molecular complexity index is 830. The van der Waals surface area contributed by atoms with Gasteiger partial charge in [0.15, 0.2) is 6.29 Å². The van der Waals surface area contributed by atoms with Crippen molar-refractivity contribution < 1.29 is 28.4 Å². The lowest BCUT2D eigenvalue weighted by atomic mass is 9.85. The zero-order chi connectivity index (χ0) is 27.5. The summed E-state index contributed by atoms with van der Waals surface area (Å²) in [5, 5.41) is 3.46. The van der Waals surface area contributed by atoms with E-state index < -0.39 is 97.0 Å². The van der Waals surface area contributed by atoms with Crippen molar-refractivity contribution in [2.24, 2.45) is 45.9 Å². The van der Waals surface area contributed by atoms with Crippen LogP contribution in [0.2, 0.25) is 0 Å². The molecule has 11 unspecified atom stereocenters. The van der Waals surface area contributed by atoms with Crippen LogP contribution in [0.25, 0.3) is 0 Å². The van der Waals surface area contributed by atoms with Crippen LogP contribution in [-0.2, 0) is 28.4 Å². The molecule has 220 valence electrons. The summed E-state index contributed by atoms with van der Waals surface area (Å²) < 4.78 is 38.6. The summed E-state index contributed by atoms with van der Waals surface area (Å²) in [5.41, 5.74) is 50.9. The van der Waals surface area contributed by atoms with E-state index in [4.69, 9.17) is 74.3 Å². The SMILES string of the molecule is CC1O[C@@H]2C(CN)O[C@H](O[C@@H]3C(CN)O[C@H]4C(NCC4(C)O[C@@H]4C(CN)O[C@H]1C(N)C4N)C3N)C(N)C2N. The van der Waals surface area contributed by atoms with Crippen molar-refractivity contribution in [1.82, 2.24) is 5.32 Å². The minimum Gasteiger partial charge on any atom is -0.368 e. The third-order valence-electron chi connectivity index (χ3n) is 9.04. The van der Waals surface area contributed by atoms with Gasteiger partial charge in [0.05, 0.1) is 54.6 Å². The Hall–Kier alpha value is -0.600. The Kier molecular flexibility index (Phi) is 8.37. The van der Waals surface area contributed by atoms with E-state index in [-0.39, 0.29) is 25.7 Å². The summed E-state index contributed by atoms with van der Waals surface area (Å²) in [6, 6.07) is -3.48. The summed E-state index contributed by atoms with van der Waals surface area (Å²) in [5.74, 6) is 0. The van der Waals surface area contributed by atoms with Gasteiger partial charge in [-0.15, -0.1) is 0 Å². The van der Waals surface area contributed by atoms with Crippen LogP contribution in [0.5, 0.6) is 0 Å². The third kappa shape index (κ3) is 4.70. The molecule has 0 aromatic heterocycles. The van der Waals surface area contributed by atoms with Crippen LogP contribution in [0.4, 0.5) is 0 Å². The molecule has 8 rings (SSSR count). The predicted molar refractivity (Wildman–Crippen MR) is 137 cm³/mol. The minimum absolute atomic E-state index is 0.119. The predicted octanol–water partition coefficient (Wildman–Crippen LogP) is -5.95. The molecule has 0 saturated carbocycles. The second-order valence-corrected chi connectivity index (χ2v) is 11.6. The van der Waals surface area contributed by atoms with Gasteiger partial charge in [0.1, 0.15) is 42.2 Å². The van der Waals surface area contributed by atoms with Gasteiger partial charge in [0, 0.05) is 26.2 Å². The number of nitrogens with two attached hydrogens (primary N) is 8. The smallest absolute Gasteiger partial charge is 0.175 e. The normalized spacial score (nSPS) is 57.3. The van der Waals surface area contributed by atoms with Crippen LogP contribution in [-0.4, -0.2) is 129 Å². The first-order chi connectivity index (χ1) is 18.0. The topological polar surface area (TPSA) is 276 Å². The summed E-state index contributed by atoms with van der Waals surface area (Å²) in [7, 11) is 0. The Morgan fingerprint density at radius 3 is 1.87 bits per heavy atom. The van der Waals surface area contributed by atoms with Crippen LogP contribution in [0.15, 0.2) is 0 Å². The molecule has 8 bridgehead atoms. The van der Waals surface area contributed by atoms with E-state index in [2.05, 4.69) is 5.32 Å². The number of fused-ring (bicyclic) bond motifs is 2. The van der Waals surface area contributed by atoms with E-state index in [1.54, 1.807) is 0 Å². The van der Waals surface area contributed by atoms with Crippen LogP contribution >= 0.6 is 0 Å². The lowest BCUT2D eigenvalue weighted by Crippen LogP contribution is -2.71. The molecular formula is C23H47N9O6. The molecule has 8 fully saturated rings. The van der Waals surface area contributed by atoms with Crippen molar-refractivity contribution in [1.29, 1.82) is 0 Å². The molecule has 17 N–H and O–H groups in total. The van der Waals surface area contributed by atoms with Gasteiger partial charge in [-0.3, -0.25) is 0 Å². The van der Waals surface area contributed by atoms with Gasteiger partial charge in [-0.05, 0) is 13.8 Å². The maximum Gasteiger partial charge on any atom is 0.175 e. The summed E-state index contributed by atoms with van der Waals surface area (Å²) in [6.45, 7) is 4.68. The number of ether oxygens (including phenoxy) is 6. The van der Waals surface area contributed by atoms with Crippen LogP contribution in [0.1, 0.15) is 13.8 Å². The zero-order valence-corrected chi connectivity index (χ0v) is 22.1. The van der Waals surface area contributed by atoms with Gasteiger partial charge in [-0.1, -0.05) is 0 Å². The first-order valence-corrected chi connectivity index (χ1v) is 13.6. The number of rotatable bonds is 3. The monoisotopic (exact) mass is 545 g/mol. The van der Waals surface area contributed by atoms with Crippen molar-refractivity contribution in [2.45, 2.75) is 117 Å². The first kappa shape index (κ1) is 28.9. The lowest BCUT2D eigenvalue weighted by Gasteiger charge is -2.50. The summed E-state index contributed by atoms with van der Waals surface area (Å²) >= 11 is 0. The maximum absolute atomic E-state index is 6.78. The molecule has 0 aromatic rings. The van der Waals surface area contributed by atoms with Gasteiger partial charge in [0.2, 0.25) is 0 Å². The van der Waals surface area contributed by atoms with Gasteiger partial charge in [0.25, 0.3) is 0 Å². The lowest BCUT2D eigenvalue weighted by molar-refractivity contribution is -0.288. The standard InChI is InChI=1S/C23H47N9O6/c1-7-17-11(27)12(28)20(10(5-26)34-17)38-23(2)6-32-16-15(31)19(8(3-24)35-21(16)23)37-22-14(30)13(29)18(33-7)9(4-25)36-22/h7-22,32H,3-6,24-31H2,1-2H3/t7?,8?,9?,10?,11?,12?,13?,14?,15?,16?,17-,18-,19-,20-,21+,22-,23?/m1/s1. The number of hydrogen-bond acceptors (Lipinski definition) is 15. The van der Waals surface area contributed by atoms with E-state index in [9.17, 15) is 0 Å². The molecule has 8 heterocycles. The molecule has 8 aliphatic rings. The minimum atomic E-state index is -0.900. The van der Waals surface area contributed by atoms with Crippen molar-refractivity contribution in [3.8, 4) is 0 Å². The number of nitrogens with one attached hydrogen (secondary N) is 1. The molecule has 0 radical (unpaired) electrons. The zero-order valence-electron chi connectivity index (χ0n) is 22.1. The van der Waals surface area contributed by atoms with E-state index in [0.717, 1.165) is 0 Å². The molecule has 0 aliphatic carbocycles. The van der Waals surface area contributed by atoms with E-state index >= 15 is 0 Å². The molecule has 15 heteroatoms. The largest absolute Gasteiger partial charge is 0.368 e. The van der Waals surface area contributed by atoms with Gasteiger partial charge < -0.3 is 79.6 Å². The highest BCUT2D eigenvalue weighted by Crippen LogP contribution is 2.39. The highest BCUT2D eigenvalue weighted by atomic mass is 16.7. The van der Waals surface area contributed by atoms with Crippen molar-refractivity contribution >= 4 is 0 Å². The Morgan fingerprint density at radius 1 is 0.658 bits per heavy atom. The van der Waals surface area contributed by atoms with Gasteiger partial charge >= 0.3 is 0 Å². The van der Waals surface area contributed by atoms with Gasteiger partial charge in [-0.25, -0.2) is 0 Å². The first-order valence-electron chi connectivity index (χ1n) is 13.6. The second-order valence-electron chi connectivity index (χ2n) is 11.6. The molecular weight excluding hydrogens is 498 g/mol. The second kappa shape index (κ2) is 11.0. The molecule has 17 atom stereocenters. The Morgan fingerprint density at radius 2 is 1.21 bits per heavy atom. The van der Waals surface area contributed by atoms with Crippen LogP contribution in [0.3, 0.4) is 0 Å². The summed E-state index contributed by atoms with van der Waals surface area (Å²) in [4.78, 5) is 0. The maximum atomic E-state index is 6.78. The van der Waals surface area contributed by atoms with E-state index in [0.29, 0.717) is 6.54 Å². The van der Waals surface area contributed by atoms with E-state index in [1.165, 1.54) is 0 Å². The molecule has 15 nitrogen and oxygen atoms in total. The molecule has 8 saturated heterocycles. The summed E-state index contributed by atoms with van der Waals surface area (Å²) in [6.07, 6.45) is -6.06. The molecule has 8 aliphatic heterocycles. The van der Waals surface area contributed by atoms with Crippen molar-refractivity contribution in [3.05, 3.63) is 0 Å². The number of hydrogen-bond donors (Lipinski definition) is 9. The highest BCUT2D eigenvalue weighted by Gasteiger charge is 2.59. The fourth-order valence-corrected chi connectivity index (χ4v) is 6.76. The molecule has 0 aromatic carbocycles. The fourth-order valence-electron chi connectivity index (χ4n) is 6.76. The van der Waals surface area contributed by atoms with Crippen molar-refractivity contribution in [2.75, 3.05) is 26.2 Å². The molecule has 0 spiro atoms. The van der Waals surface area contributed by atoms with Crippen LogP contribution < -0.4 is 51.2 Å².